The van der Waals surface area contributed by atoms with Gasteiger partial charge in [-0.15, -0.1) is 0 Å². The van der Waals surface area contributed by atoms with Gasteiger partial charge in [0.15, 0.2) is 0 Å². The predicted octanol–water partition coefficient (Wildman–Crippen LogP) is 5.31. The van der Waals surface area contributed by atoms with Crippen LogP contribution in [0.3, 0.4) is 0 Å². The lowest BCUT2D eigenvalue weighted by molar-refractivity contribution is -0.139. The van der Waals surface area contributed by atoms with Crippen LogP contribution >= 0.6 is 0 Å². The standard InChI is InChI=1S/C30H29NO5/c1-3-20-36-25-14-10-22(11-15-25)27-26(28(32)23-12-16-24(17-13-23)35-4-2)29(33)30(34)31(27)19-18-21-8-6-5-7-9-21/h3,5-17,27,32H,1,4,18-20H2,2H3/b28-26+. The Hall–Kier alpha value is -4.32. The van der Waals surface area contributed by atoms with Crippen LogP contribution in [0.5, 0.6) is 11.5 Å². The number of benzene rings is 3. The predicted molar refractivity (Wildman–Crippen MR) is 139 cm³/mol. The summed E-state index contributed by atoms with van der Waals surface area (Å²) in [6.07, 6.45) is 2.23. The first-order valence-electron chi connectivity index (χ1n) is 11.9. The summed E-state index contributed by atoms with van der Waals surface area (Å²) in [5, 5.41) is 11.2. The highest BCUT2D eigenvalue weighted by molar-refractivity contribution is 6.46. The number of aliphatic hydroxyl groups is 1. The Balaban J connectivity index is 1.73. The molecule has 1 amide bonds. The molecule has 0 spiro atoms. The minimum atomic E-state index is -0.728. The fourth-order valence-electron chi connectivity index (χ4n) is 4.28. The average Bonchev–Trinajstić information content (AvgIpc) is 3.16. The topological polar surface area (TPSA) is 76.1 Å². The third-order valence-corrected chi connectivity index (χ3v) is 6.03. The summed E-state index contributed by atoms with van der Waals surface area (Å²) >= 11 is 0. The van der Waals surface area contributed by atoms with Gasteiger partial charge in [0, 0.05) is 12.1 Å². The second-order valence-corrected chi connectivity index (χ2v) is 8.35. The SMILES string of the molecule is C=CCOc1ccc(C2/C(=C(\O)c3ccc(OCC)cc3)C(=O)C(=O)N2CCc2ccccc2)cc1. The normalized spacial score (nSPS) is 16.7. The van der Waals surface area contributed by atoms with E-state index < -0.39 is 17.7 Å². The Kier molecular flexibility index (Phi) is 7.85. The highest BCUT2D eigenvalue weighted by Crippen LogP contribution is 2.40. The molecule has 1 heterocycles. The van der Waals surface area contributed by atoms with Crippen molar-refractivity contribution in [2.24, 2.45) is 0 Å². The molecule has 4 rings (SSSR count). The lowest BCUT2D eigenvalue weighted by Gasteiger charge is -2.25. The van der Waals surface area contributed by atoms with Gasteiger partial charge in [-0.2, -0.15) is 0 Å². The number of Topliss-reactive ketones (excluding diaryl/α,β-unsaturated/α-hetero) is 1. The van der Waals surface area contributed by atoms with E-state index in [4.69, 9.17) is 9.47 Å². The van der Waals surface area contributed by atoms with Crippen LogP contribution in [0.1, 0.15) is 29.7 Å². The maximum Gasteiger partial charge on any atom is 0.295 e. The molecule has 1 unspecified atom stereocenters. The molecule has 0 bridgehead atoms. The van der Waals surface area contributed by atoms with Crippen LogP contribution in [-0.4, -0.2) is 41.5 Å². The number of amides is 1. The Bertz CT molecular complexity index is 1250. The van der Waals surface area contributed by atoms with Gasteiger partial charge in [0.1, 0.15) is 23.9 Å². The number of ketones is 1. The van der Waals surface area contributed by atoms with E-state index in [1.807, 2.05) is 49.4 Å². The molecule has 1 saturated heterocycles. The van der Waals surface area contributed by atoms with Gasteiger partial charge in [0.25, 0.3) is 11.7 Å². The van der Waals surface area contributed by atoms with E-state index in [2.05, 4.69) is 6.58 Å². The summed E-state index contributed by atoms with van der Waals surface area (Å²) in [6.45, 7) is 6.75. The lowest BCUT2D eigenvalue weighted by atomic mass is 9.95. The zero-order valence-electron chi connectivity index (χ0n) is 20.2. The number of likely N-dealkylation sites (tertiary alicyclic amines) is 1. The molecule has 0 radical (unpaired) electrons. The minimum Gasteiger partial charge on any atom is -0.507 e. The van der Waals surface area contributed by atoms with E-state index in [0.717, 1.165) is 5.56 Å². The first-order chi connectivity index (χ1) is 17.5. The zero-order chi connectivity index (χ0) is 25.5. The van der Waals surface area contributed by atoms with Gasteiger partial charge in [0.2, 0.25) is 0 Å². The highest BCUT2D eigenvalue weighted by atomic mass is 16.5. The van der Waals surface area contributed by atoms with E-state index in [0.29, 0.717) is 48.8 Å². The quantitative estimate of drug-likeness (QED) is 0.183. The number of nitrogens with zero attached hydrogens (tertiary/aromatic N) is 1. The molecular formula is C30H29NO5. The fraction of sp³-hybridized carbons (Fsp3) is 0.200. The summed E-state index contributed by atoms with van der Waals surface area (Å²) in [6, 6.07) is 23.1. The van der Waals surface area contributed by atoms with Crippen molar-refractivity contribution in [2.45, 2.75) is 19.4 Å². The number of ether oxygens (including phenoxy) is 2. The summed E-state index contributed by atoms with van der Waals surface area (Å²) < 4.78 is 11.1. The molecule has 0 aliphatic carbocycles. The van der Waals surface area contributed by atoms with Crippen molar-refractivity contribution >= 4 is 17.4 Å². The Labute approximate surface area is 211 Å². The molecule has 1 fully saturated rings. The van der Waals surface area contributed by atoms with Crippen molar-refractivity contribution in [1.82, 2.24) is 4.90 Å². The number of rotatable bonds is 10. The minimum absolute atomic E-state index is 0.0666. The molecule has 0 saturated carbocycles. The largest absolute Gasteiger partial charge is 0.507 e. The van der Waals surface area contributed by atoms with Gasteiger partial charge in [-0.05, 0) is 60.9 Å². The Morgan fingerprint density at radius 2 is 1.58 bits per heavy atom. The Morgan fingerprint density at radius 3 is 2.22 bits per heavy atom. The number of hydrogen-bond acceptors (Lipinski definition) is 5. The molecule has 0 aromatic heterocycles. The smallest absolute Gasteiger partial charge is 0.295 e. The molecule has 36 heavy (non-hydrogen) atoms. The molecule has 1 atom stereocenters. The van der Waals surface area contributed by atoms with Crippen LogP contribution in [0.25, 0.3) is 5.76 Å². The number of carbonyl (C=O) groups is 2. The van der Waals surface area contributed by atoms with Crippen LogP contribution in [0.2, 0.25) is 0 Å². The van der Waals surface area contributed by atoms with Crippen LogP contribution in [0, 0.1) is 0 Å². The molecule has 1 N–H and O–H groups in total. The first-order valence-corrected chi connectivity index (χ1v) is 11.9. The van der Waals surface area contributed by atoms with Crippen molar-refractivity contribution in [3.05, 3.63) is 114 Å². The number of hydrogen-bond donors (Lipinski definition) is 1. The van der Waals surface area contributed by atoms with Crippen LogP contribution in [0.4, 0.5) is 0 Å². The zero-order valence-corrected chi connectivity index (χ0v) is 20.2. The van der Waals surface area contributed by atoms with Crippen LogP contribution < -0.4 is 9.47 Å². The van der Waals surface area contributed by atoms with Crippen molar-refractivity contribution in [3.63, 3.8) is 0 Å². The highest BCUT2D eigenvalue weighted by Gasteiger charge is 2.45. The van der Waals surface area contributed by atoms with Crippen molar-refractivity contribution in [2.75, 3.05) is 19.8 Å². The molecule has 1 aliphatic heterocycles. The Morgan fingerprint density at radius 1 is 0.944 bits per heavy atom. The molecule has 184 valence electrons. The molecule has 6 heteroatoms. The van der Waals surface area contributed by atoms with E-state index in [1.54, 1.807) is 42.5 Å². The third-order valence-electron chi connectivity index (χ3n) is 6.03. The van der Waals surface area contributed by atoms with Crippen LogP contribution in [0.15, 0.2) is 97.1 Å². The molecule has 6 nitrogen and oxygen atoms in total. The summed E-state index contributed by atoms with van der Waals surface area (Å²) in [7, 11) is 0. The maximum atomic E-state index is 13.2. The molecular weight excluding hydrogens is 454 g/mol. The van der Waals surface area contributed by atoms with Crippen molar-refractivity contribution in [3.8, 4) is 11.5 Å². The molecule has 3 aromatic carbocycles. The van der Waals surface area contributed by atoms with Gasteiger partial charge in [-0.25, -0.2) is 0 Å². The monoisotopic (exact) mass is 483 g/mol. The van der Waals surface area contributed by atoms with Gasteiger partial charge in [0.05, 0.1) is 18.2 Å². The average molecular weight is 484 g/mol. The van der Waals surface area contributed by atoms with Gasteiger partial charge < -0.3 is 19.5 Å². The summed E-state index contributed by atoms with van der Waals surface area (Å²) in [5.74, 6) is -0.243. The third kappa shape index (κ3) is 5.33. The fourth-order valence-corrected chi connectivity index (χ4v) is 4.28. The lowest BCUT2D eigenvalue weighted by Crippen LogP contribution is -2.31. The summed E-state index contributed by atoms with van der Waals surface area (Å²) in [4.78, 5) is 27.9. The molecule has 1 aliphatic rings. The first kappa shape index (κ1) is 24.8. The van der Waals surface area contributed by atoms with Crippen molar-refractivity contribution < 1.29 is 24.2 Å². The van der Waals surface area contributed by atoms with Gasteiger partial charge >= 0.3 is 0 Å². The maximum absolute atomic E-state index is 13.2. The summed E-state index contributed by atoms with van der Waals surface area (Å²) in [5.41, 5.74) is 2.27. The van der Waals surface area contributed by atoms with Crippen LogP contribution in [-0.2, 0) is 16.0 Å². The van der Waals surface area contributed by atoms with E-state index in [1.165, 1.54) is 4.90 Å². The second-order valence-electron chi connectivity index (χ2n) is 8.35. The van der Waals surface area contributed by atoms with Gasteiger partial charge in [-0.3, -0.25) is 9.59 Å². The number of carbonyl (C=O) groups excluding carboxylic acids is 2. The van der Waals surface area contributed by atoms with E-state index in [9.17, 15) is 14.7 Å². The van der Waals surface area contributed by atoms with E-state index >= 15 is 0 Å². The van der Waals surface area contributed by atoms with Gasteiger partial charge in [-0.1, -0.05) is 55.1 Å². The second kappa shape index (κ2) is 11.4. The van der Waals surface area contributed by atoms with E-state index in [-0.39, 0.29) is 11.3 Å². The van der Waals surface area contributed by atoms with Crippen molar-refractivity contribution in [1.29, 1.82) is 0 Å². The molecule has 3 aromatic rings. The number of aliphatic hydroxyl groups excluding tert-OH is 1.